The summed E-state index contributed by atoms with van der Waals surface area (Å²) in [4.78, 5) is 7.25. The van der Waals surface area contributed by atoms with E-state index in [1.807, 2.05) is 18.2 Å². The number of hydroxylamine groups is 1. The number of methoxy groups -OCH3 is 1. The Labute approximate surface area is 120 Å². The van der Waals surface area contributed by atoms with E-state index < -0.39 is 0 Å². The number of rotatable bonds is 6. The molecule has 1 aromatic rings. The van der Waals surface area contributed by atoms with Crippen molar-refractivity contribution in [3.05, 3.63) is 23.8 Å². The molecule has 0 atom stereocenters. The second-order valence-electron chi connectivity index (χ2n) is 5.09. The van der Waals surface area contributed by atoms with Crippen molar-refractivity contribution in [3.8, 4) is 11.5 Å². The van der Waals surface area contributed by atoms with Gasteiger partial charge in [-0.3, -0.25) is 0 Å². The number of piperidine rings is 1. The van der Waals surface area contributed by atoms with Crippen LogP contribution in [0.25, 0.3) is 0 Å². The minimum Gasteiger partial charge on any atom is -0.493 e. The number of para-hydroxylation sites is 1. The van der Waals surface area contributed by atoms with Gasteiger partial charge >= 0.3 is 0 Å². The van der Waals surface area contributed by atoms with Crippen LogP contribution >= 0.6 is 0 Å². The fourth-order valence-corrected chi connectivity index (χ4v) is 2.41. The molecule has 1 aromatic carbocycles. The average Bonchev–Trinajstić information content (AvgIpc) is 2.48. The molecule has 1 heterocycles. The maximum Gasteiger partial charge on any atom is 0.166 e. The third-order valence-electron chi connectivity index (χ3n) is 3.64. The molecular formula is C15H24N2O3. The Kier molecular flexibility index (Phi) is 5.64. The highest BCUT2D eigenvalue weighted by Gasteiger charge is 2.21. The van der Waals surface area contributed by atoms with E-state index >= 15 is 0 Å². The summed E-state index contributed by atoms with van der Waals surface area (Å²) in [7, 11) is 5.43. The predicted molar refractivity (Wildman–Crippen MR) is 78.0 cm³/mol. The van der Waals surface area contributed by atoms with Gasteiger partial charge in [-0.25, -0.2) is 0 Å². The van der Waals surface area contributed by atoms with Crippen molar-refractivity contribution in [2.24, 2.45) is 0 Å². The molecule has 0 spiro atoms. The summed E-state index contributed by atoms with van der Waals surface area (Å²) in [6, 6.07) is 5.92. The van der Waals surface area contributed by atoms with Crippen LogP contribution in [0.3, 0.4) is 0 Å². The van der Waals surface area contributed by atoms with E-state index in [9.17, 15) is 0 Å². The van der Waals surface area contributed by atoms with Gasteiger partial charge in [0.25, 0.3) is 0 Å². The molecule has 1 fully saturated rings. The standard InChI is InChI=1S/C15H24N2O3/c1-17-9-7-13(8-10-17)20-15-12(11-16-19-3)5-4-6-14(15)18-2/h4-6,13,16H,7-11H2,1-3H3. The summed E-state index contributed by atoms with van der Waals surface area (Å²) in [6.07, 6.45) is 2.35. The lowest BCUT2D eigenvalue weighted by Crippen LogP contribution is -2.35. The van der Waals surface area contributed by atoms with Crippen molar-refractivity contribution < 1.29 is 14.3 Å². The van der Waals surface area contributed by atoms with Crippen LogP contribution in [0.15, 0.2) is 18.2 Å². The van der Waals surface area contributed by atoms with Crippen LogP contribution in [0.1, 0.15) is 18.4 Å². The largest absolute Gasteiger partial charge is 0.493 e. The SMILES string of the molecule is CONCc1cccc(OC)c1OC1CCN(C)CC1. The van der Waals surface area contributed by atoms with Gasteiger partial charge in [-0.15, -0.1) is 0 Å². The summed E-state index contributed by atoms with van der Waals surface area (Å²) in [5.74, 6) is 1.61. The highest BCUT2D eigenvalue weighted by molar-refractivity contribution is 5.46. The molecule has 0 amide bonds. The van der Waals surface area contributed by atoms with Gasteiger partial charge in [-0.05, 0) is 26.0 Å². The number of nitrogens with one attached hydrogen (secondary N) is 1. The molecule has 2 rings (SSSR count). The Bertz CT molecular complexity index is 418. The molecule has 112 valence electrons. The third kappa shape index (κ3) is 3.85. The van der Waals surface area contributed by atoms with Crippen molar-refractivity contribution in [1.82, 2.24) is 10.4 Å². The van der Waals surface area contributed by atoms with Crippen molar-refractivity contribution in [2.45, 2.75) is 25.5 Å². The predicted octanol–water partition coefficient (Wildman–Crippen LogP) is 1.82. The second kappa shape index (κ2) is 7.47. The van der Waals surface area contributed by atoms with Gasteiger partial charge in [0, 0.05) is 25.2 Å². The summed E-state index contributed by atoms with van der Waals surface area (Å²) in [5.41, 5.74) is 3.90. The van der Waals surface area contributed by atoms with Crippen LogP contribution in [0.4, 0.5) is 0 Å². The quantitative estimate of drug-likeness (QED) is 0.805. The lowest BCUT2D eigenvalue weighted by Gasteiger charge is -2.30. The highest BCUT2D eigenvalue weighted by atomic mass is 16.6. The first-order valence-electron chi connectivity index (χ1n) is 7.01. The first-order valence-corrected chi connectivity index (χ1v) is 7.01. The van der Waals surface area contributed by atoms with Crippen molar-refractivity contribution in [2.75, 3.05) is 34.4 Å². The number of nitrogens with zero attached hydrogens (tertiary/aromatic N) is 1. The van der Waals surface area contributed by atoms with Gasteiger partial charge in [-0.1, -0.05) is 12.1 Å². The molecule has 0 unspecified atom stereocenters. The molecular weight excluding hydrogens is 256 g/mol. The summed E-state index contributed by atoms with van der Waals surface area (Å²) < 4.78 is 11.6. The Morgan fingerprint density at radius 3 is 2.65 bits per heavy atom. The van der Waals surface area contributed by atoms with Crippen molar-refractivity contribution in [3.63, 3.8) is 0 Å². The average molecular weight is 280 g/mol. The van der Waals surface area contributed by atoms with Gasteiger partial charge in [0.05, 0.1) is 14.2 Å². The Balaban J connectivity index is 2.11. The van der Waals surface area contributed by atoms with E-state index in [2.05, 4.69) is 17.4 Å². The van der Waals surface area contributed by atoms with Gasteiger partial charge in [0.15, 0.2) is 11.5 Å². The summed E-state index contributed by atoms with van der Waals surface area (Å²) in [5, 5.41) is 0. The lowest BCUT2D eigenvalue weighted by molar-refractivity contribution is 0.0824. The molecule has 5 nitrogen and oxygen atoms in total. The molecule has 1 N–H and O–H groups in total. The van der Waals surface area contributed by atoms with Crippen LogP contribution in [-0.4, -0.2) is 45.4 Å². The van der Waals surface area contributed by atoms with E-state index in [4.69, 9.17) is 14.3 Å². The Morgan fingerprint density at radius 1 is 1.25 bits per heavy atom. The molecule has 5 heteroatoms. The molecule has 1 aliphatic heterocycles. The van der Waals surface area contributed by atoms with E-state index in [-0.39, 0.29) is 6.10 Å². The van der Waals surface area contributed by atoms with Crippen molar-refractivity contribution >= 4 is 0 Å². The van der Waals surface area contributed by atoms with Gasteiger partial charge in [0.2, 0.25) is 0 Å². The minimum absolute atomic E-state index is 0.254. The summed E-state index contributed by atoms with van der Waals surface area (Å²) in [6.45, 7) is 2.74. The molecule has 0 aromatic heterocycles. The molecule has 0 saturated carbocycles. The zero-order valence-electron chi connectivity index (χ0n) is 12.5. The number of ether oxygens (including phenoxy) is 2. The van der Waals surface area contributed by atoms with Crippen LogP contribution in [0.2, 0.25) is 0 Å². The van der Waals surface area contributed by atoms with Crippen LogP contribution in [0.5, 0.6) is 11.5 Å². The van der Waals surface area contributed by atoms with Gasteiger partial charge in [-0.2, -0.15) is 5.48 Å². The van der Waals surface area contributed by atoms with Crippen LogP contribution in [-0.2, 0) is 11.4 Å². The maximum absolute atomic E-state index is 6.21. The van der Waals surface area contributed by atoms with Crippen molar-refractivity contribution in [1.29, 1.82) is 0 Å². The monoisotopic (exact) mass is 280 g/mol. The molecule has 1 saturated heterocycles. The first kappa shape index (κ1) is 15.1. The van der Waals surface area contributed by atoms with Gasteiger partial charge < -0.3 is 19.2 Å². The first-order chi connectivity index (χ1) is 9.74. The van der Waals surface area contributed by atoms with E-state index in [1.54, 1.807) is 14.2 Å². The van der Waals surface area contributed by atoms with Crippen LogP contribution < -0.4 is 15.0 Å². The lowest BCUT2D eigenvalue weighted by atomic mass is 10.1. The Hall–Kier alpha value is -1.30. The number of hydrogen-bond donors (Lipinski definition) is 1. The maximum atomic E-state index is 6.21. The second-order valence-corrected chi connectivity index (χ2v) is 5.09. The Morgan fingerprint density at radius 2 is 2.00 bits per heavy atom. The minimum atomic E-state index is 0.254. The number of likely N-dealkylation sites (tertiary alicyclic amines) is 1. The normalized spacial score (nSPS) is 17.1. The topological polar surface area (TPSA) is 43.0 Å². The van der Waals surface area contributed by atoms with E-state index in [0.29, 0.717) is 6.54 Å². The molecule has 1 aliphatic rings. The fourth-order valence-electron chi connectivity index (χ4n) is 2.41. The molecule has 0 bridgehead atoms. The molecule has 0 aliphatic carbocycles. The fraction of sp³-hybridized carbons (Fsp3) is 0.600. The number of benzene rings is 1. The third-order valence-corrected chi connectivity index (χ3v) is 3.64. The molecule has 20 heavy (non-hydrogen) atoms. The smallest absolute Gasteiger partial charge is 0.166 e. The number of hydrogen-bond acceptors (Lipinski definition) is 5. The van der Waals surface area contributed by atoms with Crippen LogP contribution in [0, 0.1) is 0 Å². The highest BCUT2D eigenvalue weighted by Crippen LogP contribution is 2.33. The van der Waals surface area contributed by atoms with Gasteiger partial charge in [0.1, 0.15) is 6.10 Å². The van der Waals surface area contributed by atoms with E-state index in [1.165, 1.54) is 0 Å². The zero-order valence-corrected chi connectivity index (χ0v) is 12.5. The zero-order chi connectivity index (χ0) is 14.4. The summed E-state index contributed by atoms with van der Waals surface area (Å²) >= 11 is 0. The molecule has 0 radical (unpaired) electrons. The van der Waals surface area contributed by atoms with E-state index in [0.717, 1.165) is 43.0 Å².